The molecule has 0 spiro atoms. The lowest BCUT2D eigenvalue weighted by Gasteiger charge is -2.41. The first-order chi connectivity index (χ1) is 9.30. The second-order valence-corrected chi connectivity index (χ2v) is 6.94. The smallest absolute Gasteiger partial charge is 0.126 e. The molecule has 1 aliphatic rings. The molecule has 112 valence electrons. The SMILES string of the molecule is CC(c1ccc(F)cc1O)N(C)C1CCC(C)(C)CC1. The Morgan fingerprint density at radius 2 is 1.90 bits per heavy atom. The lowest BCUT2D eigenvalue weighted by atomic mass is 9.75. The van der Waals surface area contributed by atoms with E-state index in [0.29, 0.717) is 11.5 Å². The molecule has 0 radical (unpaired) electrons. The number of nitrogens with zero attached hydrogens (tertiary/aromatic N) is 1. The number of hydrogen-bond donors (Lipinski definition) is 1. The first kappa shape index (κ1) is 15.3. The summed E-state index contributed by atoms with van der Waals surface area (Å²) >= 11 is 0. The maximum Gasteiger partial charge on any atom is 0.126 e. The Morgan fingerprint density at radius 1 is 1.30 bits per heavy atom. The molecule has 1 saturated carbocycles. The topological polar surface area (TPSA) is 23.5 Å². The Balaban J connectivity index is 2.07. The van der Waals surface area contributed by atoms with E-state index in [1.807, 2.05) is 0 Å². The molecule has 1 aromatic rings. The summed E-state index contributed by atoms with van der Waals surface area (Å²) in [6, 6.07) is 4.95. The van der Waals surface area contributed by atoms with E-state index in [1.165, 1.54) is 37.8 Å². The van der Waals surface area contributed by atoms with E-state index < -0.39 is 0 Å². The molecule has 1 aliphatic carbocycles. The highest BCUT2D eigenvalue weighted by atomic mass is 19.1. The zero-order valence-electron chi connectivity index (χ0n) is 13.0. The molecule has 2 nitrogen and oxygen atoms in total. The van der Waals surface area contributed by atoms with Crippen LogP contribution in [0, 0.1) is 11.2 Å². The second-order valence-electron chi connectivity index (χ2n) is 6.94. The largest absolute Gasteiger partial charge is 0.508 e. The summed E-state index contributed by atoms with van der Waals surface area (Å²) in [6.07, 6.45) is 4.86. The van der Waals surface area contributed by atoms with Crippen LogP contribution in [0.5, 0.6) is 5.75 Å². The van der Waals surface area contributed by atoms with Gasteiger partial charge in [-0.1, -0.05) is 19.9 Å². The highest BCUT2D eigenvalue weighted by molar-refractivity contribution is 5.35. The molecule has 0 aromatic heterocycles. The Bertz CT molecular complexity index is 462. The average molecular weight is 279 g/mol. The molecule has 1 N–H and O–H groups in total. The van der Waals surface area contributed by atoms with Gasteiger partial charge in [0, 0.05) is 23.7 Å². The van der Waals surface area contributed by atoms with Crippen molar-refractivity contribution in [2.45, 2.75) is 58.5 Å². The maximum absolute atomic E-state index is 13.1. The van der Waals surface area contributed by atoms with Gasteiger partial charge in [-0.15, -0.1) is 0 Å². The first-order valence-electron chi connectivity index (χ1n) is 7.50. The van der Waals surface area contributed by atoms with Crippen LogP contribution in [0.1, 0.15) is 58.1 Å². The minimum Gasteiger partial charge on any atom is -0.508 e. The van der Waals surface area contributed by atoms with Gasteiger partial charge in [-0.05, 0) is 51.1 Å². The van der Waals surface area contributed by atoms with E-state index >= 15 is 0 Å². The first-order valence-corrected chi connectivity index (χ1v) is 7.50. The summed E-state index contributed by atoms with van der Waals surface area (Å²) < 4.78 is 13.1. The summed E-state index contributed by atoms with van der Waals surface area (Å²) in [5.74, 6) is -0.332. The number of halogens is 1. The van der Waals surface area contributed by atoms with Gasteiger partial charge in [0.2, 0.25) is 0 Å². The van der Waals surface area contributed by atoms with Crippen molar-refractivity contribution in [2.24, 2.45) is 5.41 Å². The van der Waals surface area contributed by atoms with Gasteiger partial charge in [-0.2, -0.15) is 0 Å². The molecule has 0 aliphatic heterocycles. The predicted octanol–water partition coefficient (Wildman–Crippen LogP) is 4.49. The van der Waals surface area contributed by atoms with Gasteiger partial charge in [0.15, 0.2) is 0 Å². The van der Waals surface area contributed by atoms with E-state index in [4.69, 9.17) is 0 Å². The fourth-order valence-electron chi connectivity index (χ4n) is 3.20. The average Bonchev–Trinajstić information content (AvgIpc) is 2.37. The van der Waals surface area contributed by atoms with E-state index in [9.17, 15) is 9.50 Å². The fourth-order valence-corrected chi connectivity index (χ4v) is 3.20. The van der Waals surface area contributed by atoms with Crippen LogP contribution in [-0.2, 0) is 0 Å². The van der Waals surface area contributed by atoms with Crippen molar-refractivity contribution in [3.05, 3.63) is 29.6 Å². The molecular weight excluding hydrogens is 253 g/mol. The number of hydrogen-bond acceptors (Lipinski definition) is 2. The van der Waals surface area contributed by atoms with Crippen LogP contribution < -0.4 is 0 Å². The Labute approximate surface area is 121 Å². The molecule has 1 aromatic carbocycles. The fraction of sp³-hybridized carbons (Fsp3) is 0.647. The molecule has 20 heavy (non-hydrogen) atoms. The van der Waals surface area contributed by atoms with Gasteiger partial charge in [0.05, 0.1) is 0 Å². The van der Waals surface area contributed by atoms with Crippen LogP contribution in [-0.4, -0.2) is 23.1 Å². The molecule has 0 amide bonds. The van der Waals surface area contributed by atoms with Gasteiger partial charge >= 0.3 is 0 Å². The summed E-state index contributed by atoms with van der Waals surface area (Å²) in [5, 5.41) is 9.93. The number of aromatic hydroxyl groups is 1. The molecular formula is C17H26FNO. The minimum absolute atomic E-state index is 0.0560. The molecule has 1 unspecified atom stereocenters. The van der Waals surface area contributed by atoms with Gasteiger partial charge in [-0.25, -0.2) is 4.39 Å². The predicted molar refractivity (Wildman–Crippen MR) is 80.3 cm³/mol. The third-order valence-electron chi connectivity index (χ3n) is 4.94. The van der Waals surface area contributed by atoms with E-state index in [1.54, 1.807) is 6.07 Å². The Morgan fingerprint density at radius 3 is 2.45 bits per heavy atom. The number of phenolic OH excluding ortho intramolecular Hbond substituents is 1. The van der Waals surface area contributed by atoms with E-state index in [2.05, 4.69) is 32.7 Å². The zero-order chi connectivity index (χ0) is 14.9. The summed E-state index contributed by atoms with van der Waals surface area (Å²) in [4.78, 5) is 2.32. The normalized spacial score (nSPS) is 21.1. The summed E-state index contributed by atoms with van der Waals surface area (Å²) in [7, 11) is 2.11. The monoisotopic (exact) mass is 279 g/mol. The van der Waals surface area contributed by atoms with Crippen molar-refractivity contribution >= 4 is 0 Å². The van der Waals surface area contributed by atoms with Crippen LogP contribution in [0.25, 0.3) is 0 Å². The number of rotatable bonds is 3. The second kappa shape index (κ2) is 5.72. The number of phenols is 1. The van der Waals surface area contributed by atoms with Crippen molar-refractivity contribution in [1.82, 2.24) is 4.90 Å². The van der Waals surface area contributed by atoms with Crippen molar-refractivity contribution in [1.29, 1.82) is 0 Å². The quantitative estimate of drug-likeness (QED) is 0.881. The molecule has 0 saturated heterocycles. The Kier molecular flexibility index (Phi) is 4.38. The van der Waals surface area contributed by atoms with E-state index in [-0.39, 0.29) is 17.6 Å². The van der Waals surface area contributed by atoms with Gasteiger partial charge in [-0.3, -0.25) is 4.90 Å². The van der Waals surface area contributed by atoms with Crippen LogP contribution in [0.3, 0.4) is 0 Å². The molecule has 0 bridgehead atoms. The van der Waals surface area contributed by atoms with Gasteiger partial charge < -0.3 is 5.11 Å². The lowest BCUT2D eigenvalue weighted by molar-refractivity contribution is 0.0992. The molecule has 1 fully saturated rings. The molecule has 3 heteroatoms. The van der Waals surface area contributed by atoms with Gasteiger partial charge in [0.25, 0.3) is 0 Å². The highest BCUT2D eigenvalue weighted by Crippen LogP contribution is 2.39. The third-order valence-corrected chi connectivity index (χ3v) is 4.94. The summed E-state index contributed by atoms with van der Waals surface area (Å²) in [5.41, 5.74) is 1.26. The standard InChI is InChI=1S/C17H26FNO/c1-12(15-6-5-13(18)11-16(15)20)19(4)14-7-9-17(2,3)10-8-14/h5-6,11-12,14,20H,7-10H2,1-4H3. The minimum atomic E-state index is -0.388. The van der Waals surface area contributed by atoms with Crippen LogP contribution in [0.2, 0.25) is 0 Å². The van der Waals surface area contributed by atoms with Crippen molar-refractivity contribution in [2.75, 3.05) is 7.05 Å². The van der Waals surface area contributed by atoms with Gasteiger partial charge in [0.1, 0.15) is 11.6 Å². The lowest BCUT2D eigenvalue weighted by Crippen LogP contribution is -2.38. The third kappa shape index (κ3) is 3.32. The van der Waals surface area contributed by atoms with Crippen molar-refractivity contribution in [3.8, 4) is 5.75 Å². The van der Waals surface area contributed by atoms with E-state index in [0.717, 1.165) is 5.56 Å². The molecule has 0 heterocycles. The molecule has 1 atom stereocenters. The number of benzene rings is 1. The zero-order valence-corrected chi connectivity index (χ0v) is 13.0. The van der Waals surface area contributed by atoms with Crippen molar-refractivity contribution in [3.63, 3.8) is 0 Å². The summed E-state index contributed by atoms with van der Waals surface area (Å²) in [6.45, 7) is 6.74. The van der Waals surface area contributed by atoms with Crippen LogP contribution in [0.15, 0.2) is 18.2 Å². The van der Waals surface area contributed by atoms with Crippen LogP contribution in [0.4, 0.5) is 4.39 Å². The Hall–Kier alpha value is -1.09. The highest BCUT2D eigenvalue weighted by Gasteiger charge is 2.31. The maximum atomic E-state index is 13.1. The van der Waals surface area contributed by atoms with Crippen molar-refractivity contribution < 1.29 is 9.50 Å². The molecule has 2 rings (SSSR count). The van der Waals surface area contributed by atoms with Crippen LogP contribution >= 0.6 is 0 Å².